The molecule has 1 aliphatic rings. The molecular weight excluding hydrogens is 234 g/mol. The molecule has 0 aliphatic heterocycles. The first-order valence-corrected chi connectivity index (χ1v) is 2.12. The Hall–Kier alpha value is 0.943. The molecule has 0 fully saturated rings. The third-order valence-electron chi connectivity index (χ3n) is 0.867. The molecule has 0 nitrogen and oxygen atoms in total. The fourth-order valence-corrected chi connectivity index (χ4v) is 0.480. The quantitative estimate of drug-likeness (QED) is 0.377. The van der Waals surface area contributed by atoms with Crippen LogP contribution in [-0.4, -0.2) is 0 Å². The van der Waals surface area contributed by atoms with E-state index < -0.39 is 0 Å². The van der Waals surface area contributed by atoms with Gasteiger partial charge in [0.2, 0.25) is 0 Å². The second-order valence-electron chi connectivity index (χ2n) is 1.56. The minimum absolute atomic E-state index is 0. The van der Waals surface area contributed by atoms with Crippen LogP contribution in [0.3, 0.4) is 0 Å². The van der Waals surface area contributed by atoms with Crippen molar-refractivity contribution in [3.8, 4) is 0 Å². The number of hydrogen-bond acceptors (Lipinski definition) is 0. The van der Waals surface area contributed by atoms with Gasteiger partial charge in [-0.3, -0.25) is 6.08 Å². The number of hydrogen-bond donors (Lipinski definition) is 0. The zero-order chi connectivity index (χ0) is 4.41. The van der Waals surface area contributed by atoms with Crippen LogP contribution in [0.1, 0.15) is 13.3 Å². The molecule has 3 heteroatoms. The third-order valence-corrected chi connectivity index (χ3v) is 0.867. The topological polar surface area (TPSA) is 0 Å². The number of rotatable bonds is 0. The summed E-state index contributed by atoms with van der Waals surface area (Å²) in [6, 6.07) is 0. The maximum absolute atomic E-state index is 3.05. The first kappa shape index (κ1) is 16.5. The molecule has 0 saturated carbocycles. The number of allylic oxidation sites excluding steroid dienone is 4. The number of halogens is 2. The molecule has 0 atom stereocenters. The molecule has 1 rings (SSSR count). The maximum Gasteiger partial charge on any atom is 3.00 e. The van der Waals surface area contributed by atoms with Crippen LogP contribution in [0.15, 0.2) is 17.7 Å². The van der Waals surface area contributed by atoms with E-state index in [9.17, 15) is 0 Å². The summed E-state index contributed by atoms with van der Waals surface area (Å²) < 4.78 is 0. The smallest absolute Gasteiger partial charge is 1.00 e. The van der Waals surface area contributed by atoms with Gasteiger partial charge in [-0.05, 0) is 0 Å². The second-order valence-corrected chi connectivity index (χ2v) is 1.56. The minimum Gasteiger partial charge on any atom is -1.00 e. The Morgan fingerprint density at radius 2 is 2.00 bits per heavy atom. The molecule has 0 amide bonds. The van der Waals surface area contributed by atoms with E-state index in [1.807, 2.05) is 6.08 Å². The molecule has 0 unspecified atom stereocenters. The summed E-state index contributed by atoms with van der Waals surface area (Å²) in [5.41, 5.74) is 1.41. The van der Waals surface area contributed by atoms with Crippen LogP contribution in [0.5, 0.6) is 0 Å². The van der Waals surface area contributed by atoms with Crippen LogP contribution in [0.4, 0.5) is 0 Å². The summed E-state index contributed by atoms with van der Waals surface area (Å²) in [5, 5.41) is 0. The molecular formula is C6H7Cl2Zr. The van der Waals surface area contributed by atoms with E-state index in [1.54, 1.807) is 0 Å². The Kier molecular flexibility index (Phi) is 16.4. The molecule has 1 radical (unpaired) electrons. The Bertz CT molecular complexity index is 108. The van der Waals surface area contributed by atoms with Gasteiger partial charge < -0.3 is 24.8 Å². The predicted molar refractivity (Wildman–Crippen MR) is 26.2 cm³/mol. The van der Waals surface area contributed by atoms with E-state index >= 15 is 0 Å². The van der Waals surface area contributed by atoms with Gasteiger partial charge >= 0.3 is 26.2 Å². The molecule has 0 saturated heterocycles. The largest absolute Gasteiger partial charge is 3.00 e. The molecule has 0 aromatic carbocycles. The molecule has 0 aromatic rings. The molecule has 49 valence electrons. The van der Waals surface area contributed by atoms with Crippen LogP contribution >= 0.6 is 0 Å². The first-order chi connectivity index (χ1) is 2.89. The van der Waals surface area contributed by atoms with Crippen molar-refractivity contribution in [2.24, 2.45) is 0 Å². The summed E-state index contributed by atoms with van der Waals surface area (Å²) in [7, 11) is 0. The molecule has 9 heavy (non-hydrogen) atoms. The van der Waals surface area contributed by atoms with Gasteiger partial charge in [0.25, 0.3) is 0 Å². The molecule has 1 aliphatic carbocycles. The Morgan fingerprint density at radius 1 is 1.44 bits per heavy atom. The van der Waals surface area contributed by atoms with E-state index in [4.69, 9.17) is 0 Å². The first-order valence-electron chi connectivity index (χ1n) is 2.12. The zero-order valence-electron chi connectivity index (χ0n) is 5.12. The van der Waals surface area contributed by atoms with Gasteiger partial charge in [0.1, 0.15) is 0 Å². The van der Waals surface area contributed by atoms with Crippen LogP contribution in [0, 0.1) is 6.08 Å². The molecule has 0 aromatic heterocycles. The van der Waals surface area contributed by atoms with E-state index in [2.05, 4.69) is 19.1 Å². The van der Waals surface area contributed by atoms with Crippen molar-refractivity contribution in [1.29, 1.82) is 0 Å². The fraction of sp³-hybridized carbons (Fsp3) is 0.333. The van der Waals surface area contributed by atoms with E-state index in [-0.39, 0.29) is 51.0 Å². The third kappa shape index (κ3) is 6.83. The molecule has 0 N–H and O–H groups in total. The van der Waals surface area contributed by atoms with Gasteiger partial charge in [0.05, 0.1) is 0 Å². The van der Waals surface area contributed by atoms with Crippen molar-refractivity contribution in [3.05, 3.63) is 23.8 Å². The van der Waals surface area contributed by atoms with Crippen molar-refractivity contribution in [1.82, 2.24) is 0 Å². The molecule has 0 heterocycles. The Balaban J connectivity index is -0.000000120. The van der Waals surface area contributed by atoms with Crippen molar-refractivity contribution in [2.45, 2.75) is 13.3 Å². The molecule has 0 bridgehead atoms. The van der Waals surface area contributed by atoms with Crippen molar-refractivity contribution in [3.63, 3.8) is 0 Å². The van der Waals surface area contributed by atoms with Crippen LogP contribution in [0.2, 0.25) is 0 Å². The van der Waals surface area contributed by atoms with E-state index in [0.717, 1.165) is 6.42 Å². The van der Waals surface area contributed by atoms with Crippen LogP contribution < -0.4 is 24.8 Å². The van der Waals surface area contributed by atoms with Crippen LogP contribution in [0.25, 0.3) is 0 Å². The van der Waals surface area contributed by atoms with Crippen molar-refractivity contribution < 1.29 is 51.0 Å². The average Bonchev–Trinajstić information content (AvgIpc) is 1.86. The second kappa shape index (κ2) is 8.94. The zero-order valence-corrected chi connectivity index (χ0v) is 9.09. The Morgan fingerprint density at radius 3 is 2.11 bits per heavy atom. The maximum atomic E-state index is 3.05. The normalized spacial score (nSPS) is 12.3. The van der Waals surface area contributed by atoms with Gasteiger partial charge in [-0.25, -0.2) is 12.2 Å². The fourth-order valence-electron chi connectivity index (χ4n) is 0.480. The summed E-state index contributed by atoms with van der Waals surface area (Å²) in [6.07, 6.45) is 8.15. The summed E-state index contributed by atoms with van der Waals surface area (Å²) in [4.78, 5) is 0. The minimum atomic E-state index is 0. The average molecular weight is 241 g/mol. The standard InChI is InChI=1S/C6H7.2ClH.Zr/c1-6-4-2-3-5-6;;;/h2,4H,5H2,1H3;2*1H;/q-1;;;+3/p-2. The predicted octanol–water partition coefficient (Wildman–Crippen LogP) is -4.30. The van der Waals surface area contributed by atoms with E-state index in [1.165, 1.54) is 5.57 Å². The van der Waals surface area contributed by atoms with E-state index in [0.29, 0.717) is 0 Å². The van der Waals surface area contributed by atoms with Gasteiger partial charge in [-0.2, -0.15) is 5.57 Å². The van der Waals surface area contributed by atoms with Crippen molar-refractivity contribution in [2.75, 3.05) is 0 Å². The summed E-state index contributed by atoms with van der Waals surface area (Å²) in [5.74, 6) is 0. The summed E-state index contributed by atoms with van der Waals surface area (Å²) >= 11 is 0. The Labute approximate surface area is 87.7 Å². The van der Waals surface area contributed by atoms with Gasteiger partial charge in [-0.1, -0.05) is 6.92 Å². The van der Waals surface area contributed by atoms with Crippen LogP contribution in [-0.2, 0) is 26.2 Å². The van der Waals surface area contributed by atoms with Gasteiger partial charge in [0.15, 0.2) is 0 Å². The molecule has 0 spiro atoms. The SMILES string of the molecule is CC1=CC=[C-]C1.[Cl-].[Cl-].[Zr+3]. The summed E-state index contributed by atoms with van der Waals surface area (Å²) in [6.45, 7) is 2.11. The monoisotopic (exact) mass is 239 g/mol. The van der Waals surface area contributed by atoms with Crippen molar-refractivity contribution >= 4 is 0 Å². The van der Waals surface area contributed by atoms with Gasteiger partial charge in [-0.15, -0.1) is 6.42 Å². The van der Waals surface area contributed by atoms with Gasteiger partial charge in [0, 0.05) is 0 Å².